The number of nitrogens with two attached hydrogens (primary N) is 1. The molecule has 1 aliphatic rings. The van der Waals surface area contributed by atoms with Gasteiger partial charge in [0.15, 0.2) is 5.96 Å². The fourth-order valence-electron chi connectivity index (χ4n) is 2.65. The molecular weight excluding hydrogens is 288 g/mol. The number of nitrogens with zero attached hydrogens (tertiary/aromatic N) is 2. The highest BCUT2D eigenvalue weighted by Gasteiger charge is 2.08. The molecule has 1 saturated heterocycles. The maximum absolute atomic E-state index is 5.91. The molecule has 1 aromatic carbocycles. The van der Waals surface area contributed by atoms with Crippen LogP contribution in [0.1, 0.15) is 24.5 Å². The van der Waals surface area contributed by atoms with E-state index >= 15 is 0 Å². The van der Waals surface area contributed by atoms with E-state index in [2.05, 4.69) is 46.4 Å². The molecule has 2 rings (SSSR count). The van der Waals surface area contributed by atoms with Gasteiger partial charge < -0.3 is 15.8 Å². The number of morpholine rings is 1. The summed E-state index contributed by atoms with van der Waals surface area (Å²) in [4.78, 5) is 6.81. The first-order chi connectivity index (χ1) is 11.3. The number of nitrogens with one attached hydrogen (secondary N) is 1. The molecule has 0 aromatic heterocycles. The molecule has 0 unspecified atom stereocenters. The van der Waals surface area contributed by atoms with Gasteiger partial charge in [-0.2, -0.15) is 0 Å². The van der Waals surface area contributed by atoms with Crippen molar-refractivity contribution in [2.45, 2.75) is 26.2 Å². The third-order valence-corrected chi connectivity index (χ3v) is 4.17. The van der Waals surface area contributed by atoms with E-state index in [4.69, 9.17) is 10.5 Å². The number of hydrogen-bond donors (Lipinski definition) is 2. The average Bonchev–Trinajstić information content (AvgIpc) is 2.60. The molecule has 1 aliphatic heterocycles. The van der Waals surface area contributed by atoms with Gasteiger partial charge in [0.25, 0.3) is 0 Å². The van der Waals surface area contributed by atoms with Crippen molar-refractivity contribution in [3.63, 3.8) is 0 Å². The molecule has 0 aliphatic carbocycles. The first-order valence-corrected chi connectivity index (χ1v) is 8.69. The van der Waals surface area contributed by atoms with Gasteiger partial charge in [-0.25, -0.2) is 0 Å². The van der Waals surface area contributed by atoms with Gasteiger partial charge in [-0.1, -0.05) is 31.2 Å². The van der Waals surface area contributed by atoms with Crippen LogP contribution in [-0.4, -0.2) is 56.8 Å². The molecule has 128 valence electrons. The lowest BCUT2D eigenvalue weighted by Crippen LogP contribution is -2.37. The number of aliphatic imine (C=N–C) groups is 1. The van der Waals surface area contributed by atoms with Crippen LogP contribution < -0.4 is 11.1 Å². The molecule has 0 amide bonds. The largest absolute Gasteiger partial charge is 0.379 e. The van der Waals surface area contributed by atoms with Crippen LogP contribution >= 0.6 is 0 Å². The molecule has 3 N–H and O–H groups in total. The summed E-state index contributed by atoms with van der Waals surface area (Å²) in [6.07, 6.45) is 3.09. The molecule has 1 heterocycles. The zero-order valence-electron chi connectivity index (χ0n) is 14.3. The lowest BCUT2D eigenvalue weighted by molar-refractivity contribution is 0.0377. The number of benzene rings is 1. The van der Waals surface area contributed by atoms with E-state index in [-0.39, 0.29) is 0 Å². The molecule has 1 aromatic rings. The fraction of sp³-hybridized carbons (Fsp3) is 0.611. The third kappa shape index (κ3) is 7.01. The summed E-state index contributed by atoms with van der Waals surface area (Å²) in [5.74, 6) is 0.553. The molecule has 1 fully saturated rings. The van der Waals surface area contributed by atoms with Crippen molar-refractivity contribution < 1.29 is 4.74 Å². The maximum atomic E-state index is 5.91. The number of rotatable bonds is 8. The van der Waals surface area contributed by atoms with Crippen molar-refractivity contribution in [2.75, 3.05) is 45.9 Å². The van der Waals surface area contributed by atoms with Gasteiger partial charge in [0.1, 0.15) is 0 Å². The van der Waals surface area contributed by atoms with E-state index in [0.29, 0.717) is 5.96 Å². The average molecular weight is 318 g/mol. The molecule has 0 spiro atoms. The van der Waals surface area contributed by atoms with Crippen LogP contribution in [0.25, 0.3) is 0 Å². The summed E-state index contributed by atoms with van der Waals surface area (Å²) in [6.45, 7) is 8.63. The highest BCUT2D eigenvalue weighted by atomic mass is 16.5. The topological polar surface area (TPSA) is 62.9 Å². The van der Waals surface area contributed by atoms with Crippen molar-refractivity contribution in [1.82, 2.24) is 10.2 Å². The van der Waals surface area contributed by atoms with E-state index in [1.807, 2.05) is 0 Å². The van der Waals surface area contributed by atoms with Gasteiger partial charge in [0.2, 0.25) is 0 Å². The van der Waals surface area contributed by atoms with Crippen molar-refractivity contribution in [2.24, 2.45) is 10.7 Å². The first-order valence-electron chi connectivity index (χ1n) is 8.69. The first kappa shape index (κ1) is 17.8. The molecule has 23 heavy (non-hydrogen) atoms. The Morgan fingerprint density at radius 2 is 1.91 bits per heavy atom. The molecule has 0 saturated carbocycles. The van der Waals surface area contributed by atoms with Crippen LogP contribution in [0.4, 0.5) is 0 Å². The van der Waals surface area contributed by atoms with E-state index in [9.17, 15) is 0 Å². The number of guanidine groups is 1. The fourth-order valence-corrected chi connectivity index (χ4v) is 2.65. The van der Waals surface area contributed by atoms with Gasteiger partial charge >= 0.3 is 0 Å². The van der Waals surface area contributed by atoms with Crippen LogP contribution in [0, 0.1) is 0 Å². The van der Waals surface area contributed by atoms with Crippen molar-refractivity contribution in [3.05, 3.63) is 35.4 Å². The van der Waals surface area contributed by atoms with Crippen LogP contribution in [-0.2, 0) is 17.6 Å². The third-order valence-electron chi connectivity index (χ3n) is 4.17. The second-order valence-electron chi connectivity index (χ2n) is 5.92. The Labute approximate surface area is 139 Å². The summed E-state index contributed by atoms with van der Waals surface area (Å²) >= 11 is 0. The molecule has 0 radical (unpaired) electrons. The summed E-state index contributed by atoms with van der Waals surface area (Å²) in [5, 5.41) is 3.19. The Hall–Kier alpha value is -1.59. The maximum Gasteiger partial charge on any atom is 0.188 e. The highest BCUT2D eigenvalue weighted by molar-refractivity contribution is 5.77. The quantitative estimate of drug-likeness (QED) is 0.432. The zero-order chi connectivity index (χ0) is 16.3. The Morgan fingerprint density at radius 1 is 1.22 bits per heavy atom. The van der Waals surface area contributed by atoms with Crippen LogP contribution in [0.5, 0.6) is 0 Å². The monoisotopic (exact) mass is 318 g/mol. The number of ether oxygens (including phenoxy) is 1. The lowest BCUT2D eigenvalue weighted by Gasteiger charge is -2.26. The second kappa shape index (κ2) is 10.2. The molecule has 0 bridgehead atoms. The Bertz CT molecular complexity index is 466. The highest BCUT2D eigenvalue weighted by Crippen LogP contribution is 2.05. The van der Waals surface area contributed by atoms with Crippen LogP contribution in [0.2, 0.25) is 0 Å². The van der Waals surface area contributed by atoms with Crippen molar-refractivity contribution >= 4 is 5.96 Å². The predicted molar refractivity (Wildman–Crippen MR) is 95.9 cm³/mol. The standard InChI is InChI=1S/C18H30N4O/c1-2-16-4-6-17(7-5-16)8-10-21-18(19)20-9-3-11-22-12-14-23-15-13-22/h4-7H,2-3,8-15H2,1H3,(H3,19,20,21). The van der Waals surface area contributed by atoms with E-state index in [0.717, 1.165) is 65.2 Å². The van der Waals surface area contributed by atoms with Gasteiger partial charge in [0, 0.05) is 32.7 Å². The smallest absolute Gasteiger partial charge is 0.188 e. The summed E-state index contributed by atoms with van der Waals surface area (Å²) in [5.41, 5.74) is 8.61. The number of hydrogen-bond acceptors (Lipinski definition) is 3. The molecule has 5 nitrogen and oxygen atoms in total. The Kier molecular flexibility index (Phi) is 7.90. The Morgan fingerprint density at radius 3 is 2.61 bits per heavy atom. The van der Waals surface area contributed by atoms with E-state index in [1.165, 1.54) is 11.1 Å². The second-order valence-corrected chi connectivity index (χ2v) is 5.92. The minimum Gasteiger partial charge on any atom is -0.379 e. The van der Waals surface area contributed by atoms with E-state index in [1.54, 1.807) is 0 Å². The summed E-state index contributed by atoms with van der Waals surface area (Å²) < 4.78 is 5.34. The summed E-state index contributed by atoms with van der Waals surface area (Å²) in [6, 6.07) is 8.77. The minimum atomic E-state index is 0.553. The molecule has 0 atom stereocenters. The van der Waals surface area contributed by atoms with Gasteiger partial charge in [-0.05, 0) is 30.4 Å². The van der Waals surface area contributed by atoms with E-state index < -0.39 is 0 Å². The predicted octanol–water partition coefficient (Wildman–Crippen LogP) is 1.42. The Balaban J connectivity index is 1.56. The van der Waals surface area contributed by atoms with Crippen molar-refractivity contribution in [3.8, 4) is 0 Å². The van der Waals surface area contributed by atoms with Crippen LogP contribution in [0.3, 0.4) is 0 Å². The van der Waals surface area contributed by atoms with Crippen LogP contribution in [0.15, 0.2) is 29.3 Å². The SMILES string of the molecule is CCc1ccc(CCNC(N)=NCCCN2CCOCC2)cc1. The molecular formula is C18H30N4O. The zero-order valence-corrected chi connectivity index (χ0v) is 14.3. The van der Waals surface area contributed by atoms with Gasteiger partial charge in [-0.3, -0.25) is 9.89 Å². The minimum absolute atomic E-state index is 0.553. The lowest BCUT2D eigenvalue weighted by atomic mass is 10.1. The number of aryl methyl sites for hydroxylation is 1. The normalized spacial score (nSPS) is 16.5. The summed E-state index contributed by atoms with van der Waals surface area (Å²) in [7, 11) is 0. The van der Waals surface area contributed by atoms with Crippen molar-refractivity contribution in [1.29, 1.82) is 0 Å². The van der Waals surface area contributed by atoms with Gasteiger partial charge in [-0.15, -0.1) is 0 Å². The van der Waals surface area contributed by atoms with Gasteiger partial charge in [0.05, 0.1) is 13.2 Å². The molecule has 5 heteroatoms.